The lowest BCUT2D eigenvalue weighted by atomic mass is 10.2. The van der Waals surface area contributed by atoms with Crippen molar-refractivity contribution in [1.82, 2.24) is 0 Å². The van der Waals surface area contributed by atoms with Crippen LogP contribution in [0.4, 0.5) is 15.8 Å². The molecule has 0 heterocycles. The van der Waals surface area contributed by atoms with Crippen LogP contribution in [0.5, 0.6) is 0 Å². The largest absolute Gasteiger partial charge is 0.326 e. The summed E-state index contributed by atoms with van der Waals surface area (Å²) in [6.07, 6.45) is -0.417. The summed E-state index contributed by atoms with van der Waals surface area (Å²) in [6, 6.07) is 10.8. The Labute approximate surface area is 132 Å². The number of hydrogen-bond acceptors (Lipinski definition) is 2. The van der Waals surface area contributed by atoms with Crippen LogP contribution in [0.3, 0.4) is 0 Å². The first-order chi connectivity index (χ1) is 10.5. The fourth-order valence-electron chi connectivity index (χ4n) is 1.78. The molecular formula is C16H14ClFN2O2. The van der Waals surface area contributed by atoms with Crippen LogP contribution in [0, 0.1) is 12.7 Å². The van der Waals surface area contributed by atoms with Crippen LogP contribution in [-0.4, -0.2) is 11.8 Å². The van der Waals surface area contributed by atoms with Gasteiger partial charge in [0.15, 0.2) is 0 Å². The van der Waals surface area contributed by atoms with Crippen LogP contribution in [-0.2, 0) is 9.59 Å². The Morgan fingerprint density at radius 3 is 2.45 bits per heavy atom. The quantitative estimate of drug-likeness (QED) is 0.843. The molecule has 0 bridgehead atoms. The van der Waals surface area contributed by atoms with E-state index in [4.69, 9.17) is 11.6 Å². The summed E-state index contributed by atoms with van der Waals surface area (Å²) in [6.45, 7) is 1.84. The number of amides is 2. The van der Waals surface area contributed by atoms with Gasteiger partial charge in [0.25, 0.3) is 0 Å². The van der Waals surface area contributed by atoms with Crippen molar-refractivity contribution in [3.63, 3.8) is 0 Å². The van der Waals surface area contributed by atoms with Crippen molar-refractivity contribution in [3.05, 3.63) is 58.9 Å². The lowest BCUT2D eigenvalue weighted by Crippen LogP contribution is -2.21. The van der Waals surface area contributed by atoms with Crippen molar-refractivity contribution in [2.45, 2.75) is 13.3 Å². The van der Waals surface area contributed by atoms with Crippen molar-refractivity contribution >= 4 is 34.8 Å². The maximum absolute atomic E-state index is 13.4. The second-order valence-electron chi connectivity index (χ2n) is 4.72. The molecule has 22 heavy (non-hydrogen) atoms. The van der Waals surface area contributed by atoms with E-state index in [-0.39, 0.29) is 5.69 Å². The van der Waals surface area contributed by atoms with Gasteiger partial charge >= 0.3 is 0 Å². The first-order valence-corrected chi connectivity index (χ1v) is 6.94. The zero-order valence-electron chi connectivity index (χ0n) is 11.8. The van der Waals surface area contributed by atoms with Crippen molar-refractivity contribution in [1.29, 1.82) is 0 Å². The molecule has 0 radical (unpaired) electrons. The average Bonchev–Trinajstić information content (AvgIpc) is 2.45. The molecule has 0 saturated carbocycles. The van der Waals surface area contributed by atoms with Crippen LogP contribution >= 0.6 is 11.6 Å². The molecule has 0 saturated heterocycles. The summed E-state index contributed by atoms with van der Waals surface area (Å²) in [5.41, 5.74) is 1.43. The minimum absolute atomic E-state index is 0.0404. The highest BCUT2D eigenvalue weighted by molar-refractivity contribution is 6.31. The first-order valence-electron chi connectivity index (χ1n) is 6.56. The Bertz CT molecular complexity index is 719. The van der Waals surface area contributed by atoms with E-state index in [0.717, 1.165) is 5.56 Å². The summed E-state index contributed by atoms with van der Waals surface area (Å²) < 4.78 is 13.4. The Morgan fingerprint density at radius 1 is 1.09 bits per heavy atom. The molecule has 0 spiro atoms. The van der Waals surface area contributed by atoms with Crippen LogP contribution in [0.25, 0.3) is 0 Å². The van der Waals surface area contributed by atoms with Gasteiger partial charge in [0.1, 0.15) is 12.2 Å². The summed E-state index contributed by atoms with van der Waals surface area (Å²) in [5.74, 6) is -1.66. The number of rotatable bonds is 4. The average molecular weight is 321 g/mol. The summed E-state index contributed by atoms with van der Waals surface area (Å²) in [7, 11) is 0. The maximum Gasteiger partial charge on any atom is 0.233 e. The topological polar surface area (TPSA) is 58.2 Å². The Kier molecular flexibility index (Phi) is 5.12. The highest BCUT2D eigenvalue weighted by Gasteiger charge is 2.12. The molecule has 4 nitrogen and oxygen atoms in total. The molecule has 2 rings (SSSR count). The molecule has 6 heteroatoms. The molecule has 2 aromatic carbocycles. The van der Waals surface area contributed by atoms with Gasteiger partial charge in [0.2, 0.25) is 11.8 Å². The van der Waals surface area contributed by atoms with E-state index in [1.165, 1.54) is 18.2 Å². The minimum atomic E-state index is -0.596. The van der Waals surface area contributed by atoms with Crippen molar-refractivity contribution in [2.24, 2.45) is 0 Å². The highest BCUT2D eigenvalue weighted by Crippen LogP contribution is 2.20. The zero-order valence-corrected chi connectivity index (χ0v) is 12.6. The second kappa shape index (κ2) is 7.04. The predicted octanol–water partition coefficient (Wildman–Crippen LogP) is 3.75. The molecule has 114 valence electrons. The molecule has 0 aliphatic rings. The van der Waals surface area contributed by atoms with Crippen LogP contribution < -0.4 is 10.6 Å². The molecule has 2 N–H and O–H groups in total. The third-order valence-electron chi connectivity index (χ3n) is 2.92. The number of para-hydroxylation sites is 1. The number of carbonyl (C=O) groups is 2. The van der Waals surface area contributed by atoms with Crippen LogP contribution in [0.2, 0.25) is 5.02 Å². The van der Waals surface area contributed by atoms with Crippen molar-refractivity contribution in [3.8, 4) is 0 Å². The van der Waals surface area contributed by atoms with Gasteiger partial charge in [-0.2, -0.15) is 0 Å². The van der Waals surface area contributed by atoms with Gasteiger partial charge in [-0.15, -0.1) is 0 Å². The molecule has 0 aliphatic heterocycles. The van der Waals surface area contributed by atoms with E-state index in [0.29, 0.717) is 10.7 Å². The van der Waals surface area contributed by atoms with Gasteiger partial charge in [0, 0.05) is 10.7 Å². The fourth-order valence-corrected chi connectivity index (χ4v) is 1.96. The monoisotopic (exact) mass is 320 g/mol. The Hall–Kier alpha value is -2.40. The number of benzene rings is 2. The maximum atomic E-state index is 13.4. The van der Waals surface area contributed by atoms with Gasteiger partial charge in [0.05, 0.1) is 5.69 Å². The first kappa shape index (κ1) is 16.0. The van der Waals surface area contributed by atoms with E-state index in [2.05, 4.69) is 10.6 Å². The van der Waals surface area contributed by atoms with E-state index in [1.54, 1.807) is 24.3 Å². The van der Waals surface area contributed by atoms with E-state index in [1.807, 2.05) is 6.92 Å². The van der Waals surface area contributed by atoms with Gasteiger partial charge < -0.3 is 10.6 Å². The van der Waals surface area contributed by atoms with Gasteiger partial charge in [-0.3, -0.25) is 9.59 Å². The van der Waals surface area contributed by atoms with E-state index >= 15 is 0 Å². The van der Waals surface area contributed by atoms with Gasteiger partial charge in [-0.1, -0.05) is 29.8 Å². The molecular weight excluding hydrogens is 307 g/mol. The van der Waals surface area contributed by atoms with E-state index < -0.39 is 24.1 Å². The third-order valence-corrected chi connectivity index (χ3v) is 3.33. The van der Waals surface area contributed by atoms with Crippen molar-refractivity contribution < 1.29 is 14.0 Å². The van der Waals surface area contributed by atoms with Crippen molar-refractivity contribution in [2.75, 3.05) is 10.6 Å². The smallest absolute Gasteiger partial charge is 0.233 e. The Morgan fingerprint density at radius 2 is 1.77 bits per heavy atom. The van der Waals surface area contributed by atoms with E-state index in [9.17, 15) is 14.0 Å². The summed E-state index contributed by atoms with van der Waals surface area (Å²) >= 11 is 5.96. The predicted molar refractivity (Wildman–Crippen MR) is 84.5 cm³/mol. The SMILES string of the molecule is Cc1ccc(NC(=O)CC(=O)Nc2ccccc2F)cc1Cl. The minimum Gasteiger partial charge on any atom is -0.326 e. The summed E-state index contributed by atoms with van der Waals surface area (Å²) in [4.78, 5) is 23.5. The number of nitrogens with one attached hydrogen (secondary N) is 2. The van der Waals surface area contributed by atoms with Gasteiger partial charge in [-0.25, -0.2) is 4.39 Å². The summed E-state index contributed by atoms with van der Waals surface area (Å²) in [5, 5.41) is 5.43. The molecule has 0 unspecified atom stereocenters. The molecule has 0 aliphatic carbocycles. The lowest BCUT2D eigenvalue weighted by molar-refractivity contribution is -0.123. The number of halogens is 2. The lowest BCUT2D eigenvalue weighted by Gasteiger charge is -2.08. The Balaban J connectivity index is 1.92. The molecule has 2 aromatic rings. The number of hydrogen-bond donors (Lipinski definition) is 2. The standard InChI is InChI=1S/C16H14ClFN2O2/c1-10-6-7-11(8-12(10)17)19-15(21)9-16(22)20-14-5-3-2-4-13(14)18/h2-8H,9H2,1H3,(H,19,21)(H,20,22). The van der Waals surface area contributed by atoms with Crippen LogP contribution in [0.15, 0.2) is 42.5 Å². The van der Waals surface area contributed by atoms with Gasteiger partial charge in [-0.05, 0) is 36.8 Å². The number of carbonyl (C=O) groups excluding carboxylic acids is 2. The third kappa shape index (κ3) is 4.30. The molecule has 0 atom stereocenters. The molecule has 0 fully saturated rings. The number of anilines is 2. The zero-order chi connectivity index (χ0) is 16.1. The fraction of sp³-hybridized carbons (Fsp3) is 0.125. The van der Waals surface area contributed by atoms with Crippen LogP contribution in [0.1, 0.15) is 12.0 Å². The molecule has 0 aromatic heterocycles. The number of aryl methyl sites for hydroxylation is 1. The normalized spacial score (nSPS) is 10.1. The molecule has 2 amide bonds. The highest BCUT2D eigenvalue weighted by atomic mass is 35.5. The second-order valence-corrected chi connectivity index (χ2v) is 5.12.